The molecule has 1 unspecified atom stereocenters. The van der Waals surface area contributed by atoms with E-state index in [9.17, 15) is 9.18 Å². The van der Waals surface area contributed by atoms with Crippen molar-refractivity contribution in [1.29, 1.82) is 0 Å². The molecular weight excluding hydrogens is 278 g/mol. The Bertz CT molecular complexity index is 381. The molecule has 0 fully saturated rings. The van der Waals surface area contributed by atoms with Crippen molar-refractivity contribution in [2.75, 3.05) is 6.54 Å². The Morgan fingerprint density at radius 3 is 2.78 bits per heavy atom. The number of halogens is 3. The van der Waals surface area contributed by atoms with Crippen molar-refractivity contribution < 1.29 is 9.18 Å². The Hall–Kier alpha value is -0.840. The van der Waals surface area contributed by atoms with E-state index in [1.807, 2.05) is 0 Å². The topological polar surface area (TPSA) is 55.1 Å². The van der Waals surface area contributed by atoms with E-state index in [-0.39, 0.29) is 18.3 Å². The number of hydrogen-bond acceptors (Lipinski definition) is 2. The molecule has 1 atom stereocenters. The molecule has 0 spiro atoms. The molecule has 3 nitrogen and oxygen atoms in total. The maximum atomic E-state index is 13.5. The molecule has 0 bridgehead atoms. The molecule has 0 aliphatic rings. The van der Waals surface area contributed by atoms with Crippen LogP contribution < -0.4 is 11.1 Å². The molecule has 1 rings (SSSR count). The number of hydrogen-bond donors (Lipinski definition) is 2. The van der Waals surface area contributed by atoms with Crippen LogP contribution in [0, 0.1) is 5.82 Å². The zero-order valence-corrected chi connectivity index (χ0v) is 11.7. The zero-order valence-electron chi connectivity index (χ0n) is 10.1. The number of carbonyl (C=O) groups excluding carboxylic acids is 1. The van der Waals surface area contributed by atoms with Gasteiger partial charge < -0.3 is 11.1 Å². The summed E-state index contributed by atoms with van der Waals surface area (Å²) in [7, 11) is 0. The van der Waals surface area contributed by atoms with Gasteiger partial charge in [-0.05, 0) is 32.0 Å². The van der Waals surface area contributed by atoms with Crippen molar-refractivity contribution in [3.63, 3.8) is 0 Å². The summed E-state index contributed by atoms with van der Waals surface area (Å²) >= 11 is 5.90. The molecule has 0 saturated heterocycles. The van der Waals surface area contributed by atoms with E-state index in [4.69, 9.17) is 17.3 Å². The van der Waals surface area contributed by atoms with Crippen LogP contribution in [-0.2, 0) is 4.79 Å². The first-order valence-corrected chi connectivity index (χ1v) is 5.87. The summed E-state index contributed by atoms with van der Waals surface area (Å²) < 4.78 is 13.5. The number of rotatable bonds is 5. The Kier molecular flexibility index (Phi) is 7.91. The van der Waals surface area contributed by atoms with Gasteiger partial charge in [0.25, 0.3) is 0 Å². The van der Waals surface area contributed by atoms with E-state index in [2.05, 4.69) is 5.32 Å². The summed E-state index contributed by atoms with van der Waals surface area (Å²) in [6.07, 6.45) is 0.955. The highest BCUT2D eigenvalue weighted by Crippen LogP contribution is 2.25. The van der Waals surface area contributed by atoms with E-state index in [0.29, 0.717) is 30.0 Å². The van der Waals surface area contributed by atoms with Crippen LogP contribution in [0.25, 0.3) is 0 Å². The number of amides is 1. The van der Waals surface area contributed by atoms with E-state index < -0.39 is 11.9 Å². The lowest BCUT2D eigenvalue weighted by atomic mass is 10.1. The van der Waals surface area contributed by atoms with Crippen LogP contribution in [0.5, 0.6) is 0 Å². The third-order valence-corrected chi connectivity index (χ3v) is 2.75. The molecule has 0 radical (unpaired) electrons. The van der Waals surface area contributed by atoms with Crippen molar-refractivity contribution >= 4 is 29.9 Å². The largest absolute Gasteiger partial charge is 0.349 e. The summed E-state index contributed by atoms with van der Waals surface area (Å²) in [5, 5.41) is 3.01. The highest BCUT2D eigenvalue weighted by atomic mass is 35.5. The maximum Gasteiger partial charge on any atom is 0.220 e. The van der Waals surface area contributed by atoms with Crippen LogP contribution in [0.3, 0.4) is 0 Å². The lowest BCUT2D eigenvalue weighted by Crippen LogP contribution is -2.27. The molecule has 1 aromatic carbocycles. The monoisotopic (exact) mass is 294 g/mol. The minimum absolute atomic E-state index is 0. The molecule has 0 aliphatic heterocycles. The summed E-state index contributed by atoms with van der Waals surface area (Å²) in [4.78, 5) is 11.5. The van der Waals surface area contributed by atoms with Crippen LogP contribution in [0.4, 0.5) is 4.39 Å². The second-order valence-electron chi connectivity index (χ2n) is 3.82. The quantitative estimate of drug-likeness (QED) is 0.877. The summed E-state index contributed by atoms with van der Waals surface area (Å²) in [5.41, 5.74) is 5.62. The van der Waals surface area contributed by atoms with Crippen LogP contribution in [-0.4, -0.2) is 12.5 Å². The zero-order chi connectivity index (χ0) is 12.8. The van der Waals surface area contributed by atoms with E-state index >= 15 is 0 Å². The molecule has 0 aromatic heterocycles. The molecule has 3 N–H and O–H groups in total. The molecule has 0 aliphatic carbocycles. The van der Waals surface area contributed by atoms with E-state index in [1.165, 1.54) is 12.1 Å². The van der Waals surface area contributed by atoms with Gasteiger partial charge in [-0.1, -0.05) is 17.7 Å². The minimum Gasteiger partial charge on any atom is -0.349 e. The fourth-order valence-corrected chi connectivity index (χ4v) is 1.90. The smallest absolute Gasteiger partial charge is 0.220 e. The Morgan fingerprint density at radius 2 is 2.22 bits per heavy atom. The van der Waals surface area contributed by atoms with Crippen molar-refractivity contribution in [2.24, 2.45) is 5.73 Å². The fourth-order valence-electron chi connectivity index (χ4n) is 1.57. The minimum atomic E-state index is -0.450. The SMILES string of the molecule is CC(NC(=O)CCCN)c1c(F)cccc1Cl.Cl. The predicted molar refractivity (Wildman–Crippen MR) is 73.5 cm³/mol. The van der Waals surface area contributed by atoms with E-state index in [1.54, 1.807) is 13.0 Å². The molecule has 1 aromatic rings. The third kappa shape index (κ3) is 4.80. The average Bonchev–Trinajstić information content (AvgIpc) is 2.26. The highest BCUT2D eigenvalue weighted by molar-refractivity contribution is 6.31. The van der Waals surface area contributed by atoms with Gasteiger partial charge in [0.05, 0.1) is 6.04 Å². The molecule has 0 heterocycles. The van der Waals surface area contributed by atoms with Gasteiger partial charge >= 0.3 is 0 Å². The molecule has 6 heteroatoms. The highest BCUT2D eigenvalue weighted by Gasteiger charge is 2.16. The second-order valence-corrected chi connectivity index (χ2v) is 4.22. The summed E-state index contributed by atoms with van der Waals surface area (Å²) in [6, 6.07) is 4.00. The van der Waals surface area contributed by atoms with Crippen LogP contribution in [0.15, 0.2) is 18.2 Å². The van der Waals surface area contributed by atoms with Gasteiger partial charge in [0.2, 0.25) is 5.91 Å². The number of nitrogens with one attached hydrogen (secondary N) is 1. The number of nitrogens with two attached hydrogens (primary N) is 1. The first-order valence-electron chi connectivity index (χ1n) is 5.49. The van der Waals surface area contributed by atoms with Crippen molar-refractivity contribution in [1.82, 2.24) is 5.32 Å². The van der Waals surface area contributed by atoms with Crippen molar-refractivity contribution in [2.45, 2.75) is 25.8 Å². The second kappa shape index (κ2) is 8.29. The number of benzene rings is 1. The van der Waals surface area contributed by atoms with Gasteiger partial charge in [-0.15, -0.1) is 12.4 Å². The van der Waals surface area contributed by atoms with Gasteiger partial charge in [0.15, 0.2) is 0 Å². The van der Waals surface area contributed by atoms with Crippen LogP contribution >= 0.6 is 24.0 Å². The van der Waals surface area contributed by atoms with E-state index in [0.717, 1.165) is 0 Å². The van der Waals surface area contributed by atoms with Gasteiger partial charge in [-0.3, -0.25) is 4.79 Å². The lowest BCUT2D eigenvalue weighted by molar-refractivity contribution is -0.121. The van der Waals surface area contributed by atoms with Gasteiger partial charge in [0.1, 0.15) is 5.82 Å². The van der Waals surface area contributed by atoms with Crippen LogP contribution in [0.2, 0.25) is 5.02 Å². The van der Waals surface area contributed by atoms with Gasteiger partial charge in [0, 0.05) is 17.0 Å². The van der Waals surface area contributed by atoms with Gasteiger partial charge in [-0.25, -0.2) is 4.39 Å². The predicted octanol–water partition coefficient (Wildman–Crippen LogP) is 2.82. The summed E-state index contributed by atoms with van der Waals surface area (Å²) in [5.74, 6) is -0.564. The molecular formula is C12H17Cl2FN2O. The molecule has 18 heavy (non-hydrogen) atoms. The lowest BCUT2D eigenvalue weighted by Gasteiger charge is -2.16. The Labute approximate surface area is 117 Å². The summed E-state index contributed by atoms with van der Waals surface area (Å²) in [6.45, 7) is 2.16. The normalized spacial score (nSPS) is 11.6. The van der Waals surface area contributed by atoms with Crippen molar-refractivity contribution in [3.8, 4) is 0 Å². The molecule has 1 amide bonds. The fraction of sp³-hybridized carbons (Fsp3) is 0.417. The van der Waals surface area contributed by atoms with Gasteiger partial charge in [-0.2, -0.15) is 0 Å². The first kappa shape index (κ1) is 17.2. The molecule has 0 saturated carbocycles. The first-order chi connectivity index (χ1) is 8.06. The maximum absolute atomic E-state index is 13.5. The number of carbonyl (C=O) groups is 1. The average molecular weight is 295 g/mol. The standard InChI is InChI=1S/C12H16ClFN2O.ClH/c1-8(16-11(17)6-3-7-15)12-9(13)4-2-5-10(12)14;/h2,4-5,8H,3,6-7,15H2,1H3,(H,16,17);1H. The molecule has 102 valence electrons. The Balaban J connectivity index is 0.00000289. The third-order valence-electron chi connectivity index (χ3n) is 2.42. The van der Waals surface area contributed by atoms with Crippen LogP contribution in [0.1, 0.15) is 31.4 Å². The Morgan fingerprint density at radius 1 is 1.56 bits per heavy atom. The van der Waals surface area contributed by atoms with Crippen molar-refractivity contribution in [3.05, 3.63) is 34.6 Å².